The molecule has 0 spiro atoms. The molecule has 1 aromatic carbocycles. The Kier molecular flexibility index (Phi) is 5.12. The second-order valence-corrected chi connectivity index (χ2v) is 5.27. The number of nitrogens with zero attached hydrogens (tertiary/aromatic N) is 1. The van der Waals surface area contributed by atoms with Crippen LogP contribution in [0.15, 0.2) is 36.7 Å². The van der Waals surface area contributed by atoms with Crippen molar-refractivity contribution in [3.63, 3.8) is 0 Å². The number of hydrogen-bond donors (Lipinski definition) is 0. The summed E-state index contributed by atoms with van der Waals surface area (Å²) in [4.78, 5) is 3.85. The Balaban J connectivity index is 1.95. The number of benzene rings is 1. The van der Waals surface area contributed by atoms with Crippen molar-refractivity contribution in [1.82, 2.24) is 4.98 Å². The SMILES string of the molecule is FC(F)(F)c1ccc(CC[CH]c2c(Cl)cncc2Cl)cc1. The average molecular weight is 333 g/mol. The van der Waals surface area contributed by atoms with E-state index in [1.807, 2.05) is 6.42 Å². The fraction of sp³-hybridized carbons (Fsp3) is 0.200. The van der Waals surface area contributed by atoms with Crippen molar-refractivity contribution in [2.45, 2.75) is 19.0 Å². The summed E-state index contributed by atoms with van der Waals surface area (Å²) in [5.74, 6) is 0. The number of rotatable bonds is 4. The van der Waals surface area contributed by atoms with Crippen LogP contribution in [-0.4, -0.2) is 4.98 Å². The number of halogens is 5. The van der Waals surface area contributed by atoms with Crippen molar-refractivity contribution in [2.24, 2.45) is 0 Å². The van der Waals surface area contributed by atoms with Gasteiger partial charge < -0.3 is 0 Å². The number of hydrogen-bond acceptors (Lipinski definition) is 1. The zero-order valence-electron chi connectivity index (χ0n) is 10.8. The molecule has 0 aliphatic heterocycles. The summed E-state index contributed by atoms with van der Waals surface area (Å²) >= 11 is 12.0. The summed E-state index contributed by atoms with van der Waals surface area (Å²) in [7, 11) is 0. The number of aromatic nitrogens is 1. The van der Waals surface area contributed by atoms with Crippen LogP contribution in [-0.2, 0) is 12.6 Å². The van der Waals surface area contributed by atoms with E-state index in [2.05, 4.69) is 4.98 Å². The lowest BCUT2D eigenvalue weighted by Gasteiger charge is -2.08. The van der Waals surface area contributed by atoms with Crippen LogP contribution < -0.4 is 0 Å². The molecule has 2 aromatic rings. The maximum absolute atomic E-state index is 12.4. The van der Waals surface area contributed by atoms with Crippen LogP contribution in [0.3, 0.4) is 0 Å². The number of alkyl halides is 3. The first kappa shape index (κ1) is 16.1. The van der Waals surface area contributed by atoms with Gasteiger partial charge in [0.25, 0.3) is 0 Å². The largest absolute Gasteiger partial charge is 0.416 e. The molecule has 0 unspecified atom stereocenters. The van der Waals surface area contributed by atoms with Crippen LogP contribution in [0, 0.1) is 6.42 Å². The Morgan fingerprint density at radius 2 is 1.57 bits per heavy atom. The van der Waals surface area contributed by atoms with Crippen molar-refractivity contribution in [3.8, 4) is 0 Å². The van der Waals surface area contributed by atoms with Gasteiger partial charge in [-0.25, -0.2) is 0 Å². The Labute approximate surface area is 130 Å². The van der Waals surface area contributed by atoms with E-state index < -0.39 is 11.7 Å². The van der Waals surface area contributed by atoms with E-state index in [4.69, 9.17) is 23.2 Å². The highest BCUT2D eigenvalue weighted by atomic mass is 35.5. The third-order valence-corrected chi connectivity index (χ3v) is 3.56. The fourth-order valence-electron chi connectivity index (χ4n) is 1.86. The van der Waals surface area contributed by atoms with Gasteiger partial charge in [0, 0.05) is 12.4 Å². The highest BCUT2D eigenvalue weighted by molar-refractivity contribution is 6.36. The van der Waals surface area contributed by atoms with Gasteiger partial charge in [0.15, 0.2) is 0 Å². The minimum absolute atomic E-state index is 0.454. The second kappa shape index (κ2) is 6.67. The highest BCUT2D eigenvalue weighted by Gasteiger charge is 2.29. The third-order valence-electron chi connectivity index (χ3n) is 2.95. The predicted octanol–water partition coefficient (Wildman–Crippen LogP) is 5.59. The van der Waals surface area contributed by atoms with Gasteiger partial charge in [0.1, 0.15) is 0 Å². The molecule has 0 amide bonds. The summed E-state index contributed by atoms with van der Waals surface area (Å²) in [6.45, 7) is 0. The van der Waals surface area contributed by atoms with Gasteiger partial charge in [-0.1, -0.05) is 35.3 Å². The van der Waals surface area contributed by atoms with Gasteiger partial charge in [-0.15, -0.1) is 0 Å². The molecule has 1 nitrogen and oxygen atoms in total. The minimum atomic E-state index is -4.30. The fourth-order valence-corrected chi connectivity index (χ4v) is 2.38. The molecule has 0 aliphatic rings. The smallest absolute Gasteiger partial charge is 0.262 e. The Morgan fingerprint density at radius 1 is 1.00 bits per heavy atom. The van der Waals surface area contributed by atoms with Crippen molar-refractivity contribution in [3.05, 3.63) is 69.8 Å². The molecule has 0 bridgehead atoms. The van der Waals surface area contributed by atoms with Gasteiger partial charge >= 0.3 is 6.18 Å². The van der Waals surface area contributed by atoms with E-state index in [9.17, 15) is 13.2 Å². The average Bonchev–Trinajstić information content (AvgIpc) is 2.42. The zero-order chi connectivity index (χ0) is 15.5. The molecule has 6 heteroatoms. The molecule has 0 fully saturated rings. The predicted molar refractivity (Wildman–Crippen MR) is 77.4 cm³/mol. The monoisotopic (exact) mass is 332 g/mol. The lowest BCUT2D eigenvalue weighted by molar-refractivity contribution is -0.137. The maximum atomic E-state index is 12.4. The summed E-state index contributed by atoms with van der Waals surface area (Å²) in [5, 5.41) is 0.907. The minimum Gasteiger partial charge on any atom is -0.262 e. The standard InChI is InChI=1S/C15H11Cl2F3N/c16-13-8-21-9-14(17)12(13)3-1-2-10-4-6-11(7-5-10)15(18,19)20/h3-9H,1-2H2. The molecule has 2 rings (SSSR count). The first-order valence-electron chi connectivity index (χ1n) is 6.16. The Morgan fingerprint density at radius 3 is 2.10 bits per heavy atom. The van der Waals surface area contributed by atoms with Gasteiger partial charge in [-0.3, -0.25) is 4.98 Å². The third kappa shape index (κ3) is 4.35. The first-order chi connectivity index (χ1) is 9.88. The molecular formula is C15H11Cl2F3N. The molecule has 1 heterocycles. The van der Waals surface area contributed by atoms with Crippen molar-refractivity contribution < 1.29 is 13.2 Å². The van der Waals surface area contributed by atoms with Crippen molar-refractivity contribution >= 4 is 23.2 Å². The van der Waals surface area contributed by atoms with Crippen molar-refractivity contribution in [1.29, 1.82) is 0 Å². The van der Waals surface area contributed by atoms with E-state index >= 15 is 0 Å². The Hall–Kier alpha value is -1.26. The molecule has 0 saturated carbocycles. The van der Waals surface area contributed by atoms with Crippen LogP contribution >= 0.6 is 23.2 Å². The van der Waals surface area contributed by atoms with Crippen molar-refractivity contribution in [2.75, 3.05) is 0 Å². The van der Waals surface area contributed by atoms with Gasteiger partial charge in [0.05, 0.1) is 15.6 Å². The summed E-state index contributed by atoms with van der Waals surface area (Å²) in [6.07, 6.45) is 1.77. The van der Waals surface area contributed by atoms with Crippen LogP contribution in [0.1, 0.15) is 23.1 Å². The van der Waals surface area contributed by atoms with Crippen LogP contribution in [0.5, 0.6) is 0 Å². The van der Waals surface area contributed by atoms with Crippen LogP contribution in [0.4, 0.5) is 13.2 Å². The summed E-state index contributed by atoms with van der Waals surface area (Å²) < 4.78 is 37.3. The lowest BCUT2D eigenvalue weighted by Crippen LogP contribution is -2.04. The zero-order valence-corrected chi connectivity index (χ0v) is 12.3. The Bertz CT molecular complexity index is 589. The topological polar surface area (TPSA) is 12.9 Å². The quantitative estimate of drug-likeness (QED) is 0.710. The number of aryl methyl sites for hydroxylation is 1. The molecule has 0 N–H and O–H groups in total. The normalized spacial score (nSPS) is 11.7. The van der Waals surface area contributed by atoms with Crippen LogP contribution in [0.25, 0.3) is 0 Å². The highest BCUT2D eigenvalue weighted by Crippen LogP contribution is 2.30. The molecule has 0 atom stereocenters. The van der Waals surface area contributed by atoms with Gasteiger partial charge in [-0.2, -0.15) is 13.2 Å². The molecule has 21 heavy (non-hydrogen) atoms. The van der Waals surface area contributed by atoms with Crippen LogP contribution in [0.2, 0.25) is 10.0 Å². The summed E-state index contributed by atoms with van der Waals surface area (Å²) in [6, 6.07) is 5.13. The molecule has 1 radical (unpaired) electrons. The molecule has 0 aliphatic carbocycles. The lowest BCUT2D eigenvalue weighted by atomic mass is 10.0. The van der Waals surface area contributed by atoms with E-state index in [-0.39, 0.29) is 0 Å². The maximum Gasteiger partial charge on any atom is 0.416 e. The van der Waals surface area contributed by atoms with Gasteiger partial charge in [0.2, 0.25) is 0 Å². The van der Waals surface area contributed by atoms with E-state index in [1.165, 1.54) is 24.5 Å². The summed E-state index contributed by atoms with van der Waals surface area (Å²) in [5.41, 5.74) is 0.872. The van der Waals surface area contributed by atoms with Gasteiger partial charge in [-0.05, 0) is 42.5 Å². The second-order valence-electron chi connectivity index (χ2n) is 4.45. The molecule has 1 aromatic heterocycles. The molecular weight excluding hydrogens is 322 g/mol. The molecule has 111 valence electrons. The van der Waals surface area contributed by atoms with E-state index in [1.54, 1.807) is 0 Å². The molecule has 0 saturated heterocycles. The first-order valence-corrected chi connectivity index (χ1v) is 6.92. The number of pyridine rings is 1. The van der Waals surface area contributed by atoms with E-state index in [0.29, 0.717) is 28.5 Å². The van der Waals surface area contributed by atoms with E-state index in [0.717, 1.165) is 17.7 Å².